The first-order valence-electron chi connectivity index (χ1n) is 9.54. The van der Waals surface area contributed by atoms with Crippen LogP contribution in [0.15, 0.2) is 36.9 Å². The summed E-state index contributed by atoms with van der Waals surface area (Å²) in [6, 6.07) is 6.79. The summed E-state index contributed by atoms with van der Waals surface area (Å²) < 4.78 is 13.7. The van der Waals surface area contributed by atoms with Gasteiger partial charge in [0, 0.05) is 17.1 Å². The Hall–Kier alpha value is -3.09. The van der Waals surface area contributed by atoms with Crippen LogP contribution < -0.4 is 5.32 Å². The molecule has 3 aromatic heterocycles. The molecule has 144 valence electrons. The van der Waals surface area contributed by atoms with E-state index in [4.69, 9.17) is 4.98 Å². The van der Waals surface area contributed by atoms with Crippen LogP contribution in [0.2, 0.25) is 0 Å². The average molecular weight is 378 g/mol. The van der Waals surface area contributed by atoms with E-state index in [0.29, 0.717) is 28.4 Å². The van der Waals surface area contributed by atoms with Crippen LogP contribution >= 0.6 is 0 Å². The fourth-order valence-corrected chi connectivity index (χ4v) is 3.36. The highest BCUT2D eigenvalue weighted by molar-refractivity contribution is 5.83. The average Bonchev–Trinajstić information content (AvgIpc) is 3.17. The number of nitrogens with one attached hydrogen (secondary N) is 2. The Bertz CT molecular complexity index is 1120. The molecule has 28 heavy (non-hydrogen) atoms. The number of aromatic nitrogens is 5. The Morgan fingerprint density at radius 3 is 2.82 bits per heavy atom. The summed E-state index contributed by atoms with van der Waals surface area (Å²) in [6.45, 7) is 6.45. The van der Waals surface area contributed by atoms with Crippen molar-refractivity contribution in [2.75, 3.05) is 5.32 Å². The molecule has 0 aliphatic heterocycles. The van der Waals surface area contributed by atoms with Crippen molar-refractivity contribution in [3.8, 4) is 0 Å². The lowest BCUT2D eigenvalue weighted by Crippen LogP contribution is -2.14. The van der Waals surface area contributed by atoms with Crippen molar-refractivity contribution in [3.63, 3.8) is 0 Å². The van der Waals surface area contributed by atoms with Gasteiger partial charge in [-0.05, 0) is 43.0 Å². The SMILES string of the molecule is CC[C@H](C)Cc1nc2cc(F)ccc2cc1[C@H](C)Nc1ncnc2[nH]cnc12. The van der Waals surface area contributed by atoms with Crippen LogP contribution in [0.5, 0.6) is 0 Å². The number of pyridine rings is 1. The number of halogens is 1. The molecule has 0 spiro atoms. The molecule has 6 nitrogen and oxygen atoms in total. The van der Waals surface area contributed by atoms with E-state index in [9.17, 15) is 4.39 Å². The van der Waals surface area contributed by atoms with Gasteiger partial charge in [0.1, 0.15) is 17.7 Å². The van der Waals surface area contributed by atoms with Crippen LogP contribution in [-0.4, -0.2) is 24.9 Å². The first-order chi connectivity index (χ1) is 13.5. The number of anilines is 1. The fraction of sp³-hybridized carbons (Fsp3) is 0.333. The molecule has 3 heterocycles. The smallest absolute Gasteiger partial charge is 0.162 e. The van der Waals surface area contributed by atoms with Gasteiger partial charge in [-0.3, -0.25) is 4.98 Å². The Morgan fingerprint density at radius 2 is 2.00 bits per heavy atom. The topological polar surface area (TPSA) is 79.4 Å². The van der Waals surface area contributed by atoms with Gasteiger partial charge in [-0.15, -0.1) is 0 Å². The number of aromatic amines is 1. The van der Waals surface area contributed by atoms with E-state index in [2.05, 4.69) is 52.1 Å². The minimum Gasteiger partial charge on any atom is -0.362 e. The molecule has 0 saturated heterocycles. The van der Waals surface area contributed by atoms with Crippen LogP contribution in [0.3, 0.4) is 0 Å². The Balaban J connectivity index is 1.75. The highest BCUT2D eigenvalue weighted by Gasteiger charge is 2.18. The predicted molar refractivity (Wildman–Crippen MR) is 109 cm³/mol. The number of fused-ring (bicyclic) bond motifs is 2. The summed E-state index contributed by atoms with van der Waals surface area (Å²) in [4.78, 5) is 20.6. The van der Waals surface area contributed by atoms with Crippen molar-refractivity contribution >= 4 is 27.9 Å². The normalized spacial score (nSPS) is 13.7. The van der Waals surface area contributed by atoms with Gasteiger partial charge in [0.25, 0.3) is 0 Å². The first-order valence-corrected chi connectivity index (χ1v) is 9.54. The number of nitrogens with zero attached hydrogens (tertiary/aromatic N) is 4. The van der Waals surface area contributed by atoms with Crippen molar-refractivity contribution in [1.82, 2.24) is 24.9 Å². The summed E-state index contributed by atoms with van der Waals surface area (Å²) >= 11 is 0. The maximum Gasteiger partial charge on any atom is 0.162 e. The summed E-state index contributed by atoms with van der Waals surface area (Å²) in [6.07, 6.45) is 5.02. The number of imidazole rings is 1. The summed E-state index contributed by atoms with van der Waals surface area (Å²) in [5.74, 6) is 0.893. The molecule has 4 aromatic rings. The van der Waals surface area contributed by atoms with Gasteiger partial charge < -0.3 is 10.3 Å². The molecule has 7 heteroatoms. The van der Waals surface area contributed by atoms with E-state index in [-0.39, 0.29) is 11.9 Å². The van der Waals surface area contributed by atoms with E-state index in [1.54, 1.807) is 12.4 Å². The van der Waals surface area contributed by atoms with Crippen LogP contribution in [0.1, 0.15) is 44.5 Å². The van der Waals surface area contributed by atoms with Crippen molar-refractivity contribution in [1.29, 1.82) is 0 Å². The molecule has 0 bridgehead atoms. The van der Waals surface area contributed by atoms with Crippen molar-refractivity contribution in [3.05, 3.63) is 54.0 Å². The molecule has 0 aliphatic carbocycles. The summed E-state index contributed by atoms with van der Waals surface area (Å²) in [5.41, 5.74) is 4.15. The van der Waals surface area contributed by atoms with E-state index in [0.717, 1.165) is 29.5 Å². The van der Waals surface area contributed by atoms with E-state index >= 15 is 0 Å². The highest BCUT2D eigenvalue weighted by atomic mass is 19.1. The monoisotopic (exact) mass is 378 g/mol. The lowest BCUT2D eigenvalue weighted by atomic mass is 9.95. The number of H-pyrrole nitrogens is 1. The molecule has 2 atom stereocenters. The van der Waals surface area contributed by atoms with Crippen molar-refractivity contribution in [2.24, 2.45) is 5.92 Å². The first kappa shape index (κ1) is 18.3. The third-order valence-corrected chi connectivity index (χ3v) is 5.17. The van der Waals surface area contributed by atoms with E-state index in [1.807, 2.05) is 0 Å². The minimum absolute atomic E-state index is 0.0455. The quantitative estimate of drug-likeness (QED) is 0.504. The third kappa shape index (κ3) is 3.52. The molecule has 0 radical (unpaired) electrons. The second kappa shape index (κ2) is 7.50. The second-order valence-electron chi connectivity index (χ2n) is 7.27. The maximum atomic E-state index is 13.7. The van der Waals surface area contributed by atoms with Gasteiger partial charge in [0.05, 0.1) is 17.9 Å². The lowest BCUT2D eigenvalue weighted by molar-refractivity contribution is 0.549. The van der Waals surface area contributed by atoms with Gasteiger partial charge in [-0.2, -0.15) is 0 Å². The second-order valence-corrected chi connectivity index (χ2v) is 7.27. The van der Waals surface area contributed by atoms with Gasteiger partial charge in [-0.1, -0.05) is 20.3 Å². The van der Waals surface area contributed by atoms with Crippen LogP contribution in [0.25, 0.3) is 22.1 Å². The number of benzene rings is 1. The molecule has 0 fully saturated rings. The Morgan fingerprint density at radius 1 is 1.14 bits per heavy atom. The van der Waals surface area contributed by atoms with Gasteiger partial charge in [0.15, 0.2) is 11.5 Å². The van der Waals surface area contributed by atoms with Crippen LogP contribution in [0.4, 0.5) is 10.2 Å². The standard InChI is InChI=1S/C21H23FN6/c1-4-12(2)7-18-16(8-14-5-6-15(22)9-17(14)28-18)13(3)27-21-19-20(24-10-23-19)25-11-26-21/h5-6,8-13H,4,7H2,1-3H3,(H2,23,24,25,26,27)/t12-,13-/m0/s1. The molecule has 4 rings (SSSR count). The van der Waals surface area contributed by atoms with Crippen LogP contribution in [-0.2, 0) is 6.42 Å². The zero-order valence-electron chi connectivity index (χ0n) is 16.2. The van der Waals surface area contributed by atoms with E-state index < -0.39 is 0 Å². The number of rotatable bonds is 6. The zero-order valence-corrected chi connectivity index (χ0v) is 16.2. The molecule has 2 N–H and O–H groups in total. The maximum absolute atomic E-state index is 13.7. The molecule has 0 aliphatic rings. The largest absolute Gasteiger partial charge is 0.362 e. The van der Waals surface area contributed by atoms with Gasteiger partial charge in [0.2, 0.25) is 0 Å². The Kier molecular flexibility index (Phi) is 4.90. The summed E-state index contributed by atoms with van der Waals surface area (Å²) in [7, 11) is 0. The van der Waals surface area contributed by atoms with Crippen molar-refractivity contribution in [2.45, 2.75) is 39.7 Å². The highest BCUT2D eigenvalue weighted by Crippen LogP contribution is 2.28. The van der Waals surface area contributed by atoms with Crippen LogP contribution in [0, 0.1) is 11.7 Å². The Labute approximate surface area is 162 Å². The lowest BCUT2D eigenvalue weighted by Gasteiger charge is -2.20. The fourth-order valence-electron chi connectivity index (χ4n) is 3.36. The van der Waals surface area contributed by atoms with Gasteiger partial charge in [-0.25, -0.2) is 19.3 Å². The molecule has 0 saturated carbocycles. The van der Waals surface area contributed by atoms with Crippen molar-refractivity contribution < 1.29 is 4.39 Å². The number of hydrogen-bond acceptors (Lipinski definition) is 5. The molecular formula is C21H23FN6. The third-order valence-electron chi connectivity index (χ3n) is 5.17. The summed E-state index contributed by atoms with van der Waals surface area (Å²) in [5, 5.41) is 4.37. The predicted octanol–water partition coefficient (Wildman–Crippen LogP) is 4.80. The molecular weight excluding hydrogens is 355 g/mol. The molecule has 1 aromatic carbocycles. The van der Waals surface area contributed by atoms with E-state index in [1.165, 1.54) is 18.5 Å². The molecule has 0 amide bonds. The zero-order chi connectivity index (χ0) is 19.7. The van der Waals surface area contributed by atoms with Gasteiger partial charge >= 0.3 is 0 Å². The minimum atomic E-state index is -0.268. The number of hydrogen-bond donors (Lipinski definition) is 2. The molecule has 0 unspecified atom stereocenters.